The van der Waals surface area contributed by atoms with E-state index in [-0.39, 0.29) is 11.7 Å². The van der Waals surface area contributed by atoms with E-state index in [9.17, 15) is 4.79 Å². The lowest BCUT2D eigenvalue weighted by Gasteiger charge is -2.25. The third kappa shape index (κ3) is 3.61. The lowest BCUT2D eigenvalue weighted by molar-refractivity contribution is 0.0519. The maximum atomic E-state index is 12.2. The van der Waals surface area contributed by atoms with Gasteiger partial charge in [0.1, 0.15) is 0 Å². The van der Waals surface area contributed by atoms with Gasteiger partial charge in [-0.15, -0.1) is 10.2 Å². The molecule has 1 aliphatic rings. The molecule has 2 aromatic rings. The number of esters is 1. The second kappa shape index (κ2) is 7.23. The fourth-order valence-electron chi connectivity index (χ4n) is 2.62. The Balaban J connectivity index is 2.06. The summed E-state index contributed by atoms with van der Waals surface area (Å²) in [7, 11) is 0. The van der Waals surface area contributed by atoms with E-state index in [1.807, 2.05) is 18.2 Å². The predicted molar refractivity (Wildman–Crippen MR) is 90.7 cm³/mol. The molecule has 0 bridgehead atoms. The van der Waals surface area contributed by atoms with Crippen molar-refractivity contribution in [1.82, 2.24) is 10.2 Å². The van der Waals surface area contributed by atoms with Crippen LogP contribution in [0, 0.1) is 0 Å². The maximum absolute atomic E-state index is 12.2. The van der Waals surface area contributed by atoms with Gasteiger partial charge in [0.2, 0.25) is 0 Å². The minimum Gasteiger partial charge on any atom is -0.461 e. The smallest absolute Gasteiger partial charge is 0.361 e. The van der Waals surface area contributed by atoms with Crippen LogP contribution in [-0.4, -0.2) is 42.0 Å². The number of carbonyl (C=O) groups is 1. The molecule has 1 aromatic carbocycles. The topological polar surface area (TPSA) is 73.3 Å². The van der Waals surface area contributed by atoms with Crippen molar-refractivity contribution in [1.29, 1.82) is 0 Å². The van der Waals surface area contributed by atoms with Crippen LogP contribution in [0.4, 0.5) is 5.69 Å². The zero-order valence-corrected chi connectivity index (χ0v) is 14.4. The summed E-state index contributed by atoms with van der Waals surface area (Å²) in [5.74, 6) is -0.471. The van der Waals surface area contributed by atoms with Crippen LogP contribution in [0.1, 0.15) is 30.3 Å². The number of benzene rings is 1. The van der Waals surface area contributed by atoms with Gasteiger partial charge in [-0.25, -0.2) is 4.79 Å². The third-order valence-corrected chi connectivity index (χ3v) is 4.19. The van der Waals surface area contributed by atoms with Gasteiger partial charge in [0.25, 0.3) is 0 Å². The molecule has 0 saturated carbocycles. The second-order valence-electron chi connectivity index (χ2n) is 5.36. The number of nitrogens with one attached hydrogen (secondary N) is 1. The second-order valence-corrected chi connectivity index (χ2v) is 6.28. The summed E-state index contributed by atoms with van der Waals surface area (Å²) in [6.45, 7) is 3.46. The van der Waals surface area contributed by atoms with Crippen LogP contribution in [0.2, 0.25) is 0 Å². The van der Waals surface area contributed by atoms with Crippen LogP contribution in [0.3, 0.4) is 0 Å². The number of hydrogen-bond acceptors (Lipinski definition) is 6. The largest absolute Gasteiger partial charge is 0.461 e. The molecule has 0 spiro atoms. The summed E-state index contributed by atoms with van der Waals surface area (Å²) < 4.78 is 11.5. The molecule has 2 heterocycles. The third-order valence-electron chi connectivity index (χ3n) is 3.70. The van der Waals surface area contributed by atoms with Gasteiger partial charge < -0.3 is 14.8 Å². The number of ether oxygens (including phenoxy) is 2. The molecular formula is C16H18BrN3O3. The Hall–Kier alpha value is -1.73. The Morgan fingerprint density at radius 1 is 1.48 bits per heavy atom. The number of hydrogen-bond donors (Lipinski definition) is 1. The van der Waals surface area contributed by atoms with Crippen molar-refractivity contribution in [3.63, 3.8) is 0 Å². The molecule has 7 heteroatoms. The Morgan fingerprint density at radius 2 is 2.35 bits per heavy atom. The first-order valence-electron chi connectivity index (χ1n) is 7.66. The SMILES string of the molecule is CCOC(=O)c1nnc2ccc(Br)cc2c1N[C@@H]1CCCOC1. The Kier molecular flexibility index (Phi) is 5.07. The summed E-state index contributed by atoms with van der Waals surface area (Å²) in [6.07, 6.45) is 1.98. The highest BCUT2D eigenvalue weighted by molar-refractivity contribution is 9.10. The van der Waals surface area contributed by atoms with E-state index in [2.05, 4.69) is 31.4 Å². The van der Waals surface area contributed by atoms with Gasteiger partial charge in [0, 0.05) is 22.5 Å². The van der Waals surface area contributed by atoms with Crippen LogP contribution in [0.25, 0.3) is 10.9 Å². The Morgan fingerprint density at radius 3 is 3.09 bits per heavy atom. The molecule has 1 saturated heterocycles. The van der Waals surface area contributed by atoms with E-state index in [0.29, 0.717) is 18.9 Å². The van der Waals surface area contributed by atoms with E-state index in [0.717, 1.165) is 34.8 Å². The van der Waals surface area contributed by atoms with Crippen LogP contribution in [-0.2, 0) is 9.47 Å². The lowest BCUT2D eigenvalue weighted by atomic mass is 10.1. The molecular weight excluding hydrogens is 362 g/mol. The van der Waals surface area contributed by atoms with Gasteiger partial charge in [-0.1, -0.05) is 15.9 Å². The van der Waals surface area contributed by atoms with Crippen molar-refractivity contribution < 1.29 is 14.3 Å². The van der Waals surface area contributed by atoms with Crippen molar-refractivity contribution in [2.75, 3.05) is 25.1 Å². The highest BCUT2D eigenvalue weighted by Gasteiger charge is 2.22. The summed E-state index contributed by atoms with van der Waals surface area (Å²) in [6, 6.07) is 5.83. The molecule has 122 valence electrons. The highest BCUT2D eigenvalue weighted by Crippen LogP contribution is 2.29. The van der Waals surface area contributed by atoms with E-state index in [4.69, 9.17) is 9.47 Å². The summed E-state index contributed by atoms with van der Waals surface area (Å²) in [5, 5.41) is 12.5. The Labute approximate surface area is 142 Å². The van der Waals surface area contributed by atoms with Crippen LogP contribution in [0.5, 0.6) is 0 Å². The van der Waals surface area contributed by atoms with Crippen LogP contribution in [0.15, 0.2) is 22.7 Å². The van der Waals surface area contributed by atoms with Crippen molar-refractivity contribution in [3.8, 4) is 0 Å². The molecule has 0 radical (unpaired) electrons. The minimum atomic E-state index is -0.471. The molecule has 3 rings (SSSR count). The maximum Gasteiger partial charge on any atom is 0.361 e. The number of aromatic nitrogens is 2. The average molecular weight is 380 g/mol. The first-order chi connectivity index (χ1) is 11.2. The van der Waals surface area contributed by atoms with Crippen LogP contribution >= 0.6 is 15.9 Å². The fraction of sp³-hybridized carbons (Fsp3) is 0.438. The molecule has 1 N–H and O–H groups in total. The minimum absolute atomic E-state index is 0.142. The number of nitrogens with zero attached hydrogens (tertiary/aromatic N) is 2. The highest BCUT2D eigenvalue weighted by atomic mass is 79.9. The van der Waals surface area contributed by atoms with Gasteiger partial charge in [0.05, 0.1) is 24.4 Å². The zero-order valence-electron chi connectivity index (χ0n) is 12.8. The fourth-order valence-corrected chi connectivity index (χ4v) is 2.99. The van der Waals surface area contributed by atoms with Crippen molar-refractivity contribution in [2.24, 2.45) is 0 Å². The number of halogens is 1. The van der Waals surface area contributed by atoms with E-state index in [1.165, 1.54) is 0 Å². The van der Waals surface area contributed by atoms with E-state index < -0.39 is 5.97 Å². The first kappa shape index (κ1) is 16.1. The molecule has 23 heavy (non-hydrogen) atoms. The summed E-state index contributed by atoms with van der Waals surface area (Å²) in [4.78, 5) is 12.2. The Bertz CT molecular complexity index is 717. The molecule has 1 aliphatic heterocycles. The van der Waals surface area contributed by atoms with Gasteiger partial charge in [0.15, 0.2) is 5.69 Å². The normalized spacial score (nSPS) is 17.9. The monoisotopic (exact) mass is 379 g/mol. The zero-order chi connectivity index (χ0) is 16.2. The molecule has 0 unspecified atom stereocenters. The van der Waals surface area contributed by atoms with Gasteiger partial charge in [-0.2, -0.15) is 0 Å². The average Bonchev–Trinajstić information content (AvgIpc) is 2.56. The van der Waals surface area contributed by atoms with Gasteiger partial charge >= 0.3 is 5.97 Å². The molecule has 6 nitrogen and oxygen atoms in total. The van der Waals surface area contributed by atoms with E-state index in [1.54, 1.807) is 6.92 Å². The number of carbonyl (C=O) groups excluding carboxylic acids is 1. The number of anilines is 1. The predicted octanol–water partition coefficient (Wildman–Crippen LogP) is 3.16. The number of fused-ring (bicyclic) bond motifs is 1. The number of rotatable bonds is 4. The molecule has 1 atom stereocenters. The summed E-state index contributed by atoms with van der Waals surface area (Å²) in [5.41, 5.74) is 1.59. The quantitative estimate of drug-likeness (QED) is 0.822. The standard InChI is InChI=1S/C16H18BrN3O3/c1-2-23-16(21)15-14(18-11-4-3-7-22-9-11)12-8-10(17)5-6-13(12)19-20-15/h5-6,8,11H,2-4,7,9H2,1H3,(H,18,19)/t11-/m1/s1. The molecule has 0 amide bonds. The van der Waals surface area contributed by atoms with Crippen molar-refractivity contribution >= 4 is 38.5 Å². The van der Waals surface area contributed by atoms with Crippen LogP contribution < -0.4 is 5.32 Å². The lowest BCUT2D eigenvalue weighted by Crippen LogP contribution is -2.31. The van der Waals surface area contributed by atoms with Gasteiger partial charge in [-0.05, 0) is 38.0 Å². The van der Waals surface area contributed by atoms with Crippen molar-refractivity contribution in [2.45, 2.75) is 25.8 Å². The summed E-state index contributed by atoms with van der Waals surface area (Å²) >= 11 is 3.47. The molecule has 1 aromatic heterocycles. The van der Waals surface area contributed by atoms with E-state index >= 15 is 0 Å². The first-order valence-corrected chi connectivity index (χ1v) is 8.45. The van der Waals surface area contributed by atoms with Crippen molar-refractivity contribution in [3.05, 3.63) is 28.4 Å². The van der Waals surface area contributed by atoms with Gasteiger partial charge in [-0.3, -0.25) is 0 Å². The molecule has 1 fully saturated rings. The molecule has 0 aliphatic carbocycles.